The first kappa shape index (κ1) is 15.4. The molecule has 0 saturated carbocycles. The zero-order valence-electron chi connectivity index (χ0n) is 11.0. The smallest absolute Gasteiger partial charge is 0.357 e. The Balaban J connectivity index is 2.22. The van der Waals surface area contributed by atoms with Gasteiger partial charge in [0.15, 0.2) is 5.69 Å². The van der Waals surface area contributed by atoms with Crippen LogP contribution >= 0.6 is 27.5 Å². The van der Waals surface area contributed by atoms with Crippen molar-refractivity contribution in [3.05, 3.63) is 37.2 Å². The molecule has 9 nitrogen and oxygen atoms in total. The highest BCUT2D eigenvalue weighted by Gasteiger charge is 2.27. The van der Waals surface area contributed by atoms with Gasteiger partial charge in [-0.1, -0.05) is 16.7 Å². The van der Waals surface area contributed by atoms with Crippen LogP contribution in [0.25, 0.3) is 0 Å². The Kier molecular flexibility index (Phi) is 4.28. The van der Waals surface area contributed by atoms with Crippen LogP contribution in [-0.4, -0.2) is 42.8 Å². The first-order valence-corrected chi connectivity index (χ1v) is 6.80. The zero-order chi connectivity index (χ0) is 15.7. The lowest BCUT2D eigenvalue weighted by Gasteiger charge is -2.16. The van der Waals surface area contributed by atoms with Gasteiger partial charge in [0.2, 0.25) is 0 Å². The number of nitrogens with one attached hydrogen (secondary N) is 1. The second kappa shape index (κ2) is 5.82. The van der Waals surface area contributed by atoms with Crippen LogP contribution < -0.4 is 0 Å². The topological polar surface area (TPSA) is 110 Å². The molecule has 0 spiro atoms. The molecular weight excluding hydrogens is 368 g/mol. The van der Waals surface area contributed by atoms with Crippen LogP contribution in [0.4, 0.5) is 5.82 Å². The molecule has 0 aliphatic carbocycles. The molecule has 0 fully saturated rings. The van der Waals surface area contributed by atoms with Gasteiger partial charge < -0.3 is 15.0 Å². The largest absolute Gasteiger partial charge is 0.358 e. The van der Waals surface area contributed by atoms with E-state index in [-0.39, 0.29) is 22.5 Å². The number of rotatable bonds is 4. The normalized spacial score (nSPS) is 10.7. The molecule has 21 heavy (non-hydrogen) atoms. The predicted octanol–water partition coefficient (Wildman–Crippen LogP) is 1.74. The van der Waals surface area contributed by atoms with Crippen LogP contribution in [0.1, 0.15) is 16.2 Å². The first-order valence-electron chi connectivity index (χ1n) is 5.63. The summed E-state index contributed by atoms with van der Waals surface area (Å²) in [7, 11) is 3.24. The summed E-state index contributed by atoms with van der Waals surface area (Å²) < 4.78 is 1.56. The Labute approximate surface area is 132 Å². The minimum atomic E-state index is -0.661. The molecule has 0 aromatic carbocycles. The van der Waals surface area contributed by atoms with E-state index in [4.69, 9.17) is 11.6 Å². The third-order valence-corrected chi connectivity index (χ3v) is 3.89. The fraction of sp³-hybridized carbons (Fsp3) is 0.300. The highest BCUT2D eigenvalue weighted by Crippen LogP contribution is 2.26. The van der Waals surface area contributed by atoms with E-state index in [1.807, 2.05) is 0 Å². The Morgan fingerprint density at radius 3 is 2.81 bits per heavy atom. The van der Waals surface area contributed by atoms with Gasteiger partial charge in [0.1, 0.15) is 4.47 Å². The second-order valence-corrected chi connectivity index (χ2v) is 5.42. The van der Waals surface area contributed by atoms with Crippen molar-refractivity contribution in [2.45, 2.75) is 6.54 Å². The maximum atomic E-state index is 12.3. The van der Waals surface area contributed by atoms with E-state index in [0.29, 0.717) is 10.7 Å². The van der Waals surface area contributed by atoms with Crippen molar-refractivity contribution >= 4 is 39.3 Å². The molecule has 0 unspecified atom stereocenters. The van der Waals surface area contributed by atoms with Crippen molar-refractivity contribution < 1.29 is 9.72 Å². The molecule has 2 heterocycles. The van der Waals surface area contributed by atoms with Gasteiger partial charge in [0.05, 0.1) is 23.5 Å². The van der Waals surface area contributed by atoms with E-state index in [0.717, 1.165) is 0 Å². The van der Waals surface area contributed by atoms with Crippen LogP contribution in [0.2, 0.25) is 5.02 Å². The number of aromatic amines is 1. The molecule has 1 amide bonds. The summed E-state index contributed by atoms with van der Waals surface area (Å²) in [6.07, 6.45) is 1.48. The van der Waals surface area contributed by atoms with E-state index in [2.05, 4.69) is 31.2 Å². The van der Waals surface area contributed by atoms with E-state index in [1.165, 1.54) is 11.1 Å². The molecule has 0 aliphatic rings. The molecule has 11 heteroatoms. The maximum Gasteiger partial charge on any atom is 0.357 e. The monoisotopic (exact) mass is 376 g/mol. The van der Waals surface area contributed by atoms with Gasteiger partial charge in [-0.25, -0.2) is 0 Å². The van der Waals surface area contributed by atoms with Crippen molar-refractivity contribution in [2.24, 2.45) is 7.05 Å². The molecule has 2 aromatic heterocycles. The number of hydrogen-bond acceptors (Lipinski definition) is 5. The van der Waals surface area contributed by atoms with Gasteiger partial charge >= 0.3 is 5.82 Å². The lowest BCUT2D eigenvalue weighted by molar-refractivity contribution is -0.390. The molecule has 0 aliphatic heterocycles. The van der Waals surface area contributed by atoms with Crippen LogP contribution in [0.3, 0.4) is 0 Å². The minimum Gasteiger partial charge on any atom is -0.358 e. The molecule has 0 saturated heterocycles. The molecule has 1 N–H and O–H groups in total. The van der Waals surface area contributed by atoms with Gasteiger partial charge in [-0.2, -0.15) is 5.10 Å². The van der Waals surface area contributed by atoms with E-state index in [9.17, 15) is 14.9 Å². The fourth-order valence-electron chi connectivity index (χ4n) is 1.67. The number of H-pyrrole nitrogens is 1. The van der Waals surface area contributed by atoms with Gasteiger partial charge in [0, 0.05) is 14.1 Å². The summed E-state index contributed by atoms with van der Waals surface area (Å²) in [5.41, 5.74) is 0.580. The molecular formula is C10H10BrClN6O3. The zero-order valence-corrected chi connectivity index (χ0v) is 13.3. The minimum absolute atomic E-state index is 0.0143. The third kappa shape index (κ3) is 2.90. The van der Waals surface area contributed by atoms with Crippen molar-refractivity contribution in [2.75, 3.05) is 7.05 Å². The van der Waals surface area contributed by atoms with Crippen LogP contribution in [0.15, 0.2) is 10.7 Å². The molecule has 2 rings (SSSR count). The lowest BCUT2D eigenvalue weighted by Crippen LogP contribution is -2.28. The lowest BCUT2D eigenvalue weighted by atomic mass is 10.3. The number of amides is 1. The van der Waals surface area contributed by atoms with Crippen LogP contribution in [-0.2, 0) is 13.6 Å². The number of aryl methyl sites for hydroxylation is 1. The summed E-state index contributed by atoms with van der Waals surface area (Å²) in [5.74, 6) is -0.853. The van der Waals surface area contributed by atoms with Crippen molar-refractivity contribution in [3.63, 3.8) is 0 Å². The van der Waals surface area contributed by atoms with E-state index < -0.39 is 10.8 Å². The quantitative estimate of drug-likeness (QED) is 0.644. The summed E-state index contributed by atoms with van der Waals surface area (Å²) in [6.45, 7) is 0.196. The third-order valence-electron chi connectivity index (χ3n) is 2.82. The van der Waals surface area contributed by atoms with Crippen LogP contribution in [0.5, 0.6) is 0 Å². The van der Waals surface area contributed by atoms with E-state index >= 15 is 0 Å². The number of nitrogens with zero attached hydrogens (tertiary/aromatic N) is 5. The number of carbonyl (C=O) groups is 1. The van der Waals surface area contributed by atoms with Gasteiger partial charge in [-0.3, -0.25) is 9.48 Å². The molecule has 2 aromatic rings. The highest BCUT2D eigenvalue weighted by molar-refractivity contribution is 9.10. The summed E-state index contributed by atoms with van der Waals surface area (Å²) in [6, 6.07) is 0. The summed E-state index contributed by atoms with van der Waals surface area (Å²) in [5, 5.41) is 21.0. The standard InChI is InChI=1S/C10H10BrClN6O3/c1-16(4-6-5(12)3-13-17(6)2)10(19)8-7(11)9(15-14-8)18(20)21/h3H,4H2,1-2H3,(H,14,15). The Morgan fingerprint density at radius 2 is 2.33 bits per heavy atom. The number of carbonyl (C=O) groups excluding carboxylic acids is 1. The Morgan fingerprint density at radius 1 is 1.67 bits per heavy atom. The number of halogens is 2. The van der Waals surface area contributed by atoms with Crippen molar-refractivity contribution in [1.29, 1.82) is 0 Å². The van der Waals surface area contributed by atoms with Gasteiger partial charge in [-0.05, 0) is 20.9 Å². The maximum absolute atomic E-state index is 12.3. The van der Waals surface area contributed by atoms with Crippen molar-refractivity contribution in [1.82, 2.24) is 24.9 Å². The first-order chi connectivity index (χ1) is 9.82. The number of aromatic nitrogens is 4. The number of hydrogen-bond donors (Lipinski definition) is 1. The van der Waals surface area contributed by atoms with Gasteiger partial charge in [0.25, 0.3) is 5.91 Å². The molecule has 0 radical (unpaired) electrons. The molecule has 0 bridgehead atoms. The highest BCUT2D eigenvalue weighted by atomic mass is 79.9. The fourth-order valence-corrected chi connectivity index (χ4v) is 2.39. The van der Waals surface area contributed by atoms with Gasteiger partial charge in [-0.15, -0.1) is 5.10 Å². The van der Waals surface area contributed by atoms with E-state index in [1.54, 1.807) is 18.8 Å². The average Bonchev–Trinajstić information content (AvgIpc) is 2.95. The molecule has 0 atom stereocenters. The number of nitro groups is 1. The summed E-state index contributed by atoms with van der Waals surface area (Å²) >= 11 is 8.98. The second-order valence-electron chi connectivity index (χ2n) is 4.22. The van der Waals surface area contributed by atoms with Crippen molar-refractivity contribution in [3.8, 4) is 0 Å². The molecule has 112 valence electrons. The Bertz CT molecular complexity index is 692. The van der Waals surface area contributed by atoms with Crippen LogP contribution in [0, 0.1) is 10.1 Å². The summed E-state index contributed by atoms with van der Waals surface area (Å²) in [4.78, 5) is 23.7. The SMILES string of the molecule is CN(Cc1c(Cl)cnn1C)C(=O)c1n[nH]c([N+](=O)[O-])c1Br. The predicted molar refractivity (Wildman–Crippen MR) is 77.0 cm³/mol. The Hall–Kier alpha value is -1.94. The average molecular weight is 378 g/mol.